The third-order valence-corrected chi connectivity index (χ3v) is 7.87. The molecule has 0 spiro atoms. The highest BCUT2D eigenvalue weighted by atomic mass is 35.5. The summed E-state index contributed by atoms with van der Waals surface area (Å²) in [6, 6.07) is 1.75. The lowest BCUT2D eigenvalue weighted by Crippen LogP contribution is -2.37. The molecule has 1 aromatic rings. The number of thiophene rings is 1. The summed E-state index contributed by atoms with van der Waals surface area (Å²) in [6.07, 6.45) is 3.09. The van der Waals surface area contributed by atoms with E-state index >= 15 is 0 Å². The van der Waals surface area contributed by atoms with Gasteiger partial charge in [0.1, 0.15) is 4.21 Å². The van der Waals surface area contributed by atoms with Crippen molar-refractivity contribution >= 4 is 33.0 Å². The van der Waals surface area contributed by atoms with Gasteiger partial charge < -0.3 is 0 Å². The van der Waals surface area contributed by atoms with Gasteiger partial charge in [-0.1, -0.05) is 13.3 Å². The Balaban J connectivity index is 2.18. The molecule has 0 aliphatic carbocycles. The third-order valence-electron chi connectivity index (χ3n) is 3.86. The van der Waals surface area contributed by atoms with Crippen LogP contribution in [0.3, 0.4) is 0 Å². The average molecular weight is 322 g/mol. The maximum Gasteiger partial charge on any atom is 0.252 e. The fraction of sp³-hybridized carbons (Fsp3) is 0.692. The van der Waals surface area contributed by atoms with Crippen molar-refractivity contribution in [3.05, 3.63) is 16.5 Å². The normalized spacial score (nSPS) is 18.9. The highest BCUT2D eigenvalue weighted by molar-refractivity contribution is 7.91. The van der Waals surface area contributed by atoms with Crippen LogP contribution in [0, 0.1) is 12.8 Å². The molecular formula is C13H20ClNO2S2. The quantitative estimate of drug-likeness (QED) is 0.794. The minimum Gasteiger partial charge on any atom is -0.206 e. The first-order chi connectivity index (χ1) is 8.98. The van der Waals surface area contributed by atoms with Gasteiger partial charge in [0.25, 0.3) is 10.0 Å². The summed E-state index contributed by atoms with van der Waals surface area (Å²) in [7, 11) is -3.31. The van der Waals surface area contributed by atoms with Crippen LogP contribution in [0.4, 0.5) is 0 Å². The Hall–Kier alpha value is -0.100. The number of nitrogens with zero attached hydrogens (tertiary/aromatic N) is 1. The van der Waals surface area contributed by atoms with E-state index in [0.29, 0.717) is 29.1 Å². The van der Waals surface area contributed by atoms with E-state index in [1.807, 2.05) is 6.92 Å². The minimum atomic E-state index is -3.31. The zero-order valence-electron chi connectivity index (χ0n) is 11.4. The molecule has 3 nitrogen and oxygen atoms in total. The standard InChI is InChI=1S/C13H20ClNO2S2/c1-3-11-4-6-15(7-5-11)19(16,17)13-8-10(2)12(9-14)18-13/h8,11H,3-7,9H2,1-2H3. The Morgan fingerprint density at radius 2 is 2.05 bits per heavy atom. The van der Waals surface area contributed by atoms with E-state index < -0.39 is 10.0 Å². The summed E-state index contributed by atoms with van der Waals surface area (Å²) >= 11 is 7.13. The third kappa shape index (κ3) is 3.15. The minimum absolute atomic E-state index is 0.379. The average Bonchev–Trinajstić information content (AvgIpc) is 2.81. The first-order valence-electron chi connectivity index (χ1n) is 6.64. The van der Waals surface area contributed by atoms with E-state index in [0.717, 1.165) is 29.7 Å². The molecule has 1 fully saturated rings. The summed E-state index contributed by atoms with van der Waals surface area (Å²) in [5.74, 6) is 1.05. The predicted octanol–water partition coefficient (Wildman–Crippen LogP) is 3.61. The second-order valence-electron chi connectivity index (χ2n) is 5.06. The highest BCUT2D eigenvalue weighted by Gasteiger charge is 2.30. The van der Waals surface area contributed by atoms with Crippen LogP contribution >= 0.6 is 22.9 Å². The van der Waals surface area contributed by atoms with E-state index in [1.165, 1.54) is 11.3 Å². The Morgan fingerprint density at radius 1 is 1.42 bits per heavy atom. The molecule has 2 heterocycles. The van der Waals surface area contributed by atoms with Crippen LogP contribution in [0.25, 0.3) is 0 Å². The monoisotopic (exact) mass is 321 g/mol. The van der Waals surface area contributed by atoms with Gasteiger partial charge in [-0.25, -0.2) is 8.42 Å². The molecule has 0 radical (unpaired) electrons. The molecular weight excluding hydrogens is 302 g/mol. The molecule has 0 unspecified atom stereocenters. The predicted molar refractivity (Wildman–Crippen MR) is 80.4 cm³/mol. The molecule has 0 N–H and O–H groups in total. The molecule has 19 heavy (non-hydrogen) atoms. The van der Waals surface area contributed by atoms with Crippen LogP contribution in [0.2, 0.25) is 0 Å². The maximum absolute atomic E-state index is 12.6. The lowest BCUT2D eigenvalue weighted by Gasteiger charge is -2.30. The van der Waals surface area contributed by atoms with Crippen molar-refractivity contribution in [1.29, 1.82) is 0 Å². The fourth-order valence-electron chi connectivity index (χ4n) is 2.43. The fourth-order valence-corrected chi connectivity index (χ4v) is 5.87. The highest BCUT2D eigenvalue weighted by Crippen LogP contribution is 2.31. The van der Waals surface area contributed by atoms with Crippen molar-refractivity contribution in [3.63, 3.8) is 0 Å². The van der Waals surface area contributed by atoms with Gasteiger partial charge in [-0.15, -0.1) is 22.9 Å². The van der Waals surface area contributed by atoms with Crippen molar-refractivity contribution in [2.45, 2.75) is 43.2 Å². The summed E-state index contributed by atoms with van der Waals surface area (Å²) < 4.78 is 27.2. The van der Waals surface area contributed by atoms with Crippen LogP contribution in [0.5, 0.6) is 0 Å². The molecule has 0 atom stereocenters. The van der Waals surface area contributed by atoms with Crippen molar-refractivity contribution in [2.75, 3.05) is 13.1 Å². The molecule has 1 aliphatic heterocycles. The lowest BCUT2D eigenvalue weighted by molar-refractivity contribution is 0.269. The number of alkyl halides is 1. The van der Waals surface area contributed by atoms with Gasteiger partial charge >= 0.3 is 0 Å². The SMILES string of the molecule is CCC1CCN(S(=O)(=O)c2cc(C)c(CCl)s2)CC1. The zero-order valence-corrected chi connectivity index (χ0v) is 13.7. The summed E-state index contributed by atoms with van der Waals surface area (Å²) in [5, 5.41) is 0. The van der Waals surface area contributed by atoms with Crippen molar-refractivity contribution in [2.24, 2.45) is 5.92 Å². The zero-order chi connectivity index (χ0) is 14.0. The molecule has 108 valence electrons. The largest absolute Gasteiger partial charge is 0.252 e. The molecule has 1 aromatic heterocycles. The van der Waals surface area contributed by atoms with Gasteiger partial charge in [0.15, 0.2) is 0 Å². The van der Waals surface area contributed by atoms with Crippen molar-refractivity contribution in [3.8, 4) is 0 Å². The van der Waals surface area contributed by atoms with Gasteiger partial charge in [0.2, 0.25) is 0 Å². The topological polar surface area (TPSA) is 37.4 Å². The Kier molecular flexibility index (Phi) is 4.93. The second kappa shape index (κ2) is 6.12. The van der Waals surface area contributed by atoms with E-state index in [1.54, 1.807) is 10.4 Å². The van der Waals surface area contributed by atoms with Crippen molar-refractivity contribution < 1.29 is 8.42 Å². The van der Waals surface area contributed by atoms with Crippen LogP contribution in [0.15, 0.2) is 10.3 Å². The van der Waals surface area contributed by atoms with Crippen LogP contribution in [-0.4, -0.2) is 25.8 Å². The van der Waals surface area contributed by atoms with Crippen LogP contribution in [0.1, 0.15) is 36.6 Å². The summed E-state index contributed by atoms with van der Waals surface area (Å²) in [5.41, 5.74) is 0.974. The lowest BCUT2D eigenvalue weighted by atomic mass is 9.96. The van der Waals surface area contributed by atoms with E-state index in [9.17, 15) is 8.42 Å². The van der Waals surface area contributed by atoms with Crippen molar-refractivity contribution in [1.82, 2.24) is 4.31 Å². The van der Waals surface area contributed by atoms with Crippen LogP contribution < -0.4 is 0 Å². The molecule has 0 aromatic carbocycles. The number of rotatable bonds is 4. The number of aryl methyl sites for hydroxylation is 1. The van der Waals surface area contributed by atoms with Gasteiger partial charge in [-0.2, -0.15) is 4.31 Å². The van der Waals surface area contributed by atoms with Crippen LogP contribution in [-0.2, 0) is 15.9 Å². The van der Waals surface area contributed by atoms with Gasteiger partial charge in [-0.3, -0.25) is 0 Å². The first-order valence-corrected chi connectivity index (χ1v) is 9.43. The van der Waals surface area contributed by atoms with Gasteiger partial charge in [-0.05, 0) is 37.3 Å². The smallest absolute Gasteiger partial charge is 0.206 e. The number of piperidine rings is 1. The summed E-state index contributed by atoms with van der Waals surface area (Å²) in [4.78, 5) is 0.948. The van der Waals surface area contributed by atoms with E-state index in [4.69, 9.17) is 11.6 Å². The molecule has 6 heteroatoms. The second-order valence-corrected chi connectivity index (χ2v) is 8.63. The number of hydrogen-bond donors (Lipinski definition) is 0. The first kappa shape index (κ1) is 15.3. The molecule has 0 amide bonds. The Morgan fingerprint density at radius 3 is 2.53 bits per heavy atom. The van der Waals surface area contributed by atoms with Gasteiger partial charge in [0, 0.05) is 18.0 Å². The van der Waals surface area contributed by atoms with Gasteiger partial charge in [0.05, 0.1) is 5.88 Å². The Bertz CT molecular complexity index is 531. The maximum atomic E-state index is 12.6. The molecule has 1 saturated heterocycles. The number of hydrogen-bond acceptors (Lipinski definition) is 3. The molecule has 1 aliphatic rings. The number of halogens is 1. The molecule has 2 rings (SSSR count). The van der Waals surface area contributed by atoms with E-state index in [-0.39, 0.29) is 0 Å². The Labute approximate surface area is 124 Å². The van der Waals surface area contributed by atoms with E-state index in [2.05, 4.69) is 6.92 Å². The molecule has 0 bridgehead atoms. The summed E-state index contributed by atoms with van der Waals surface area (Å²) in [6.45, 7) is 5.38. The molecule has 0 saturated carbocycles. The number of sulfonamides is 1.